The molecule has 0 aliphatic rings. The van der Waals surface area contributed by atoms with Gasteiger partial charge in [-0.05, 0) is 44.4 Å². The molecule has 3 nitrogen and oxygen atoms in total. The molecule has 2 heterocycles. The fourth-order valence-corrected chi connectivity index (χ4v) is 2.68. The maximum Gasteiger partial charge on any atom is 0.163 e. The Kier molecular flexibility index (Phi) is 4.32. The molecular formula is C15H18N2OS. The lowest BCUT2D eigenvalue weighted by molar-refractivity contribution is 0.101. The van der Waals surface area contributed by atoms with Crippen LogP contribution in [0.3, 0.4) is 0 Å². The highest BCUT2D eigenvalue weighted by Gasteiger charge is 2.18. The zero-order valence-electron chi connectivity index (χ0n) is 11.5. The number of rotatable bonds is 5. The van der Waals surface area contributed by atoms with Gasteiger partial charge in [-0.1, -0.05) is 6.07 Å². The number of nitrogens with zero attached hydrogens (tertiary/aromatic N) is 2. The van der Waals surface area contributed by atoms with Gasteiger partial charge in [-0.3, -0.25) is 4.79 Å². The number of anilines is 1. The van der Waals surface area contributed by atoms with E-state index in [4.69, 9.17) is 0 Å². The Hall–Kier alpha value is -1.68. The van der Waals surface area contributed by atoms with E-state index < -0.39 is 0 Å². The Bertz CT molecular complexity index is 549. The normalized spacial score (nSPS) is 10.7. The maximum atomic E-state index is 11.7. The van der Waals surface area contributed by atoms with Gasteiger partial charge < -0.3 is 4.90 Å². The van der Waals surface area contributed by atoms with Crippen LogP contribution in [-0.2, 0) is 6.54 Å². The van der Waals surface area contributed by atoms with E-state index in [1.165, 1.54) is 4.88 Å². The van der Waals surface area contributed by atoms with Crippen molar-refractivity contribution in [3.8, 4) is 0 Å². The molecule has 0 bridgehead atoms. The minimum atomic E-state index is 0.0555. The molecule has 0 spiro atoms. The predicted octanol–water partition coefficient (Wildman–Crippen LogP) is 3.76. The first kappa shape index (κ1) is 13.7. The molecule has 2 aromatic rings. The molecule has 0 radical (unpaired) electrons. The van der Waals surface area contributed by atoms with Crippen molar-refractivity contribution in [2.75, 3.05) is 4.90 Å². The summed E-state index contributed by atoms with van der Waals surface area (Å²) in [5, 5.41) is 2.07. The zero-order valence-corrected chi connectivity index (χ0v) is 12.3. The number of Topliss-reactive ketones (excluding diaryl/α,β-unsaturated/α-hetero) is 1. The summed E-state index contributed by atoms with van der Waals surface area (Å²) in [6, 6.07) is 8.09. The average molecular weight is 274 g/mol. The molecule has 0 N–H and O–H groups in total. The zero-order chi connectivity index (χ0) is 13.8. The number of hydrogen-bond acceptors (Lipinski definition) is 4. The first-order valence-corrected chi connectivity index (χ1v) is 7.22. The maximum absolute atomic E-state index is 11.7. The molecule has 0 aliphatic carbocycles. The van der Waals surface area contributed by atoms with Crippen molar-refractivity contribution in [1.82, 2.24) is 4.98 Å². The minimum absolute atomic E-state index is 0.0555. The second kappa shape index (κ2) is 5.97. The van der Waals surface area contributed by atoms with Gasteiger partial charge >= 0.3 is 0 Å². The molecular weight excluding hydrogens is 256 g/mol. The monoisotopic (exact) mass is 274 g/mol. The number of carbonyl (C=O) groups is 1. The van der Waals surface area contributed by atoms with Gasteiger partial charge in [0.25, 0.3) is 0 Å². The van der Waals surface area contributed by atoms with Crippen molar-refractivity contribution in [1.29, 1.82) is 0 Å². The van der Waals surface area contributed by atoms with Crippen LogP contribution in [0, 0.1) is 0 Å². The molecule has 0 unspecified atom stereocenters. The van der Waals surface area contributed by atoms with Crippen LogP contribution in [0.1, 0.15) is 36.0 Å². The number of aromatic nitrogens is 1. The van der Waals surface area contributed by atoms with E-state index in [2.05, 4.69) is 35.2 Å². The SMILES string of the molecule is CC(=O)c1cccnc1N(Cc1cccs1)C(C)C. The summed E-state index contributed by atoms with van der Waals surface area (Å²) >= 11 is 1.72. The third-order valence-electron chi connectivity index (χ3n) is 2.97. The van der Waals surface area contributed by atoms with Crippen LogP contribution in [0.2, 0.25) is 0 Å². The van der Waals surface area contributed by atoms with Gasteiger partial charge in [0.2, 0.25) is 0 Å². The van der Waals surface area contributed by atoms with Gasteiger partial charge in [-0.15, -0.1) is 11.3 Å². The van der Waals surface area contributed by atoms with E-state index >= 15 is 0 Å². The van der Waals surface area contributed by atoms with Gasteiger partial charge in [0, 0.05) is 17.1 Å². The van der Waals surface area contributed by atoms with Crippen molar-refractivity contribution < 1.29 is 4.79 Å². The lowest BCUT2D eigenvalue weighted by atomic mass is 10.1. The standard InChI is InChI=1S/C15H18N2OS/c1-11(2)17(10-13-6-5-9-19-13)15-14(12(3)18)7-4-8-16-15/h4-9,11H,10H2,1-3H3. The van der Waals surface area contributed by atoms with Gasteiger partial charge in [0.05, 0.1) is 12.1 Å². The van der Waals surface area contributed by atoms with Gasteiger partial charge in [0.1, 0.15) is 5.82 Å². The van der Waals surface area contributed by atoms with E-state index in [-0.39, 0.29) is 11.8 Å². The first-order chi connectivity index (χ1) is 9.09. The Morgan fingerprint density at radius 1 is 1.37 bits per heavy atom. The minimum Gasteiger partial charge on any atom is -0.348 e. The third kappa shape index (κ3) is 3.20. The van der Waals surface area contributed by atoms with Crippen molar-refractivity contribution >= 4 is 22.9 Å². The van der Waals surface area contributed by atoms with Crippen LogP contribution >= 0.6 is 11.3 Å². The van der Waals surface area contributed by atoms with Crippen LogP contribution < -0.4 is 4.90 Å². The second-order valence-electron chi connectivity index (χ2n) is 4.73. The van der Waals surface area contributed by atoms with Crippen molar-refractivity contribution in [3.05, 3.63) is 46.3 Å². The highest BCUT2D eigenvalue weighted by molar-refractivity contribution is 7.09. The number of carbonyl (C=O) groups excluding carboxylic acids is 1. The Morgan fingerprint density at radius 2 is 2.16 bits per heavy atom. The largest absolute Gasteiger partial charge is 0.348 e. The lowest BCUT2D eigenvalue weighted by Gasteiger charge is -2.28. The fraction of sp³-hybridized carbons (Fsp3) is 0.333. The quantitative estimate of drug-likeness (QED) is 0.778. The predicted molar refractivity (Wildman–Crippen MR) is 79.9 cm³/mol. The first-order valence-electron chi connectivity index (χ1n) is 6.34. The summed E-state index contributed by atoms with van der Waals surface area (Å²) in [5.41, 5.74) is 0.688. The second-order valence-corrected chi connectivity index (χ2v) is 5.76. The topological polar surface area (TPSA) is 33.2 Å². The van der Waals surface area contributed by atoms with Crippen LogP contribution in [-0.4, -0.2) is 16.8 Å². The van der Waals surface area contributed by atoms with Crippen LogP contribution in [0.5, 0.6) is 0 Å². The molecule has 0 saturated carbocycles. The molecule has 4 heteroatoms. The lowest BCUT2D eigenvalue weighted by Crippen LogP contribution is -2.32. The molecule has 2 aromatic heterocycles. The summed E-state index contributed by atoms with van der Waals surface area (Å²) in [4.78, 5) is 19.6. The molecule has 0 fully saturated rings. The van der Waals surface area contributed by atoms with Gasteiger partial charge in [-0.2, -0.15) is 0 Å². The van der Waals surface area contributed by atoms with Crippen LogP contribution in [0.4, 0.5) is 5.82 Å². The highest BCUT2D eigenvalue weighted by Crippen LogP contribution is 2.23. The Balaban J connectivity index is 2.36. The molecule has 2 rings (SSSR count). The highest BCUT2D eigenvalue weighted by atomic mass is 32.1. The summed E-state index contributed by atoms with van der Waals surface area (Å²) in [6.45, 7) is 6.61. The molecule has 0 aliphatic heterocycles. The number of hydrogen-bond donors (Lipinski definition) is 0. The van der Waals surface area contributed by atoms with Crippen LogP contribution in [0.15, 0.2) is 35.8 Å². The molecule has 19 heavy (non-hydrogen) atoms. The Morgan fingerprint density at radius 3 is 2.74 bits per heavy atom. The van der Waals surface area contributed by atoms with E-state index in [1.54, 1.807) is 24.5 Å². The smallest absolute Gasteiger partial charge is 0.163 e. The van der Waals surface area contributed by atoms with Gasteiger partial charge in [0.15, 0.2) is 5.78 Å². The van der Waals surface area contributed by atoms with E-state index in [0.29, 0.717) is 5.56 Å². The molecule has 0 saturated heterocycles. The van der Waals surface area contributed by atoms with Crippen molar-refractivity contribution in [2.24, 2.45) is 0 Å². The Labute approximate surface area is 117 Å². The molecule has 0 atom stereocenters. The fourth-order valence-electron chi connectivity index (χ4n) is 1.97. The van der Waals surface area contributed by atoms with Crippen LogP contribution in [0.25, 0.3) is 0 Å². The number of pyridine rings is 1. The number of ketones is 1. The van der Waals surface area contributed by atoms with E-state index in [1.807, 2.05) is 18.2 Å². The molecule has 100 valence electrons. The summed E-state index contributed by atoms with van der Waals surface area (Å²) in [6.07, 6.45) is 1.74. The average Bonchev–Trinajstić information content (AvgIpc) is 2.88. The summed E-state index contributed by atoms with van der Waals surface area (Å²) in [7, 11) is 0. The van der Waals surface area contributed by atoms with Crippen molar-refractivity contribution in [3.63, 3.8) is 0 Å². The third-order valence-corrected chi connectivity index (χ3v) is 3.83. The van der Waals surface area contributed by atoms with Gasteiger partial charge in [-0.25, -0.2) is 4.98 Å². The van der Waals surface area contributed by atoms with E-state index in [9.17, 15) is 4.79 Å². The summed E-state index contributed by atoms with van der Waals surface area (Å²) < 4.78 is 0. The van der Waals surface area contributed by atoms with Crippen molar-refractivity contribution in [2.45, 2.75) is 33.4 Å². The molecule has 0 aromatic carbocycles. The number of thiophene rings is 1. The molecule has 0 amide bonds. The van der Waals surface area contributed by atoms with E-state index in [0.717, 1.165) is 12.4 Å². The summed E-state index contributed by atoms with van der Waals surface area (Å²) in [5.74, 6) is 0.832.